The van der Waals surface area contributed by atoms with Crippen LogP contribution in [0.3, 0.4) is 0 Å². The number of aryl methyl sites for hydroxylation is 2. The van der Waals surface area contributed by atoms with Gasteiger partial charge in [0.25, 0.3) is 5.91 Å². The molecular weight excluding hydrogens is 324 g/mol. The van der Waals surface area contributed by atoms with E-state index in [0.29, 0.717) is 11.7 Å². The first-order valence-corrected chi connectivity index (χ1v) is 9.73. The third-order valence-electron chi connectivity index (χ3n) is 5.90. The highest BCUT2D eigenvalue weighted by molar-refractivity contribution is 5.94. The summed E-state index contributed by atoms with van der Waals surface area (Å²) in [6, 6.07) is 6.96. The van der Waals surface area contributed by atoms with Gasteiger partial charge in [-0.3, -0.25) is 4.79 Å². The van der Waals surface area contributed by atoms with Gasteiger partial charge in [0.05, 0.1) is 5.69 Å². The molecule has 0 unspecified atom stereocenters. The molecule has 26 heavy (non-hydrogen) atoms. The van der Waals surface area contributed by atoms with E-state index in [2.05, 4.69) is 37.4 Å². The SMILES string of the molecule is CNC1CCN(C(=O)c2nn(-c3ccc(C)cc3C)c3c2CCC3)CC1. The number of fused-ring (bicyclic) bond motifs is 1. The van der Waals surface area contributed by atoms with Gasteiger partial charge in [-0.15, -0.1) is 0 Å². The summed E-state index contributed by atoms with van der Waals surface area (Å²) in [4.78, 5) is 15.2. The van der Waals surface area contributed by atoms with Gasteiger partial charge in [0, 0.05) is 30.4 Å². The molecule has 5 heteroatoms. The fourth-order valence-electron chi connectivity index (χ4n) is 4.37. The van der Waals surface area contributed by atoms with E-state index in [1.165, 1.54) is 22.4 Å². The van der Waals surface area contributed by atoms with Crippen LogP contribution in [0.1, 0.15) is 52.1 Å². The van der Waals surface area contributed by atoms with Crippen molar-refractivity contribution >= 4 is 5.91 Å². The van der Waals surface area contributed by atoms with Crippen molar-refractivity contribution in [1.29, 1.82) is 0 Å². The molecule has 4 rings (SSSR count). The maximum absolute atomic E-state index is 13.2. The second kappa shape index (κ2) is 6.88. The predicted octanol–water partition coefficient (Wildman–Crippen LogP) is 2.80. The number of rotatable bonds is 3. The molecule has 0 radical (unpaired) electrons. The van der Waals surface area contributed by atoms with E-state index in [1.807, 2.05) is 16.6 Å². The molecule has 0 atom stereocenters. The predicted molar refractivity (Wildman–Crippen MR) is 103 cm³/mol. The van der Waals surface area contributed by atoms with Crippen LogP contribution >= 0.6 is 0 Å². The van der Waals surface area contributed by atoms with Gasteiger partial charge in [0.15, 0.2) is 5.69 Å². The van der Waals surface area contributed by atoms with Crippen molar-refractivity contribution < 1.29 is 4.79 Å². The number of carbonyl (C=O) groups excluding carboxylic acids is 1. The summed E-state index contributed by atoms with van der Waals surface area (Å²) >= 11 is 0. The fraction of sp³-hybridized carbons (Fsp3) is 0.524. The minimum atomic E-state index is 0.112. The van der Waals surface area contributed by atoms with Crippen LogP contribution in [-0.4, -0.2) is 46.8 Å². The van der Waals surface area contributed by atoms with E-state index in [1.54, 1.807) is 0 Å². The highest BCUT2D eigenvalue weighted by atomic mass is 16.2. The largest absolute Gasteiger partial charge is 0.337 e. The molecule has 1 fully saturated rings. The van der Waals surface area contributed by atoms with E-state index in [9.17, 15) is 4.79 Å². The first kappa shape index (κ1) is 17.3. The van der Waals surface area contributed by atoms with Crippen LogP contribution in [0.2, 0.25) is 0 Å². The van der Waals surface area contributed by atoms with Gasteiger partial charge in [0.2, 0.25) is 0 Å². The fourth-order valence-corrected chi connectivity index (χ4v) is 4.37. The number of benzene rings is 1. The van der Waals surface area contributed by atoms with Crippen LogP contribution in [0, 0.1) is 13.8 Å². The molecule has 0 spiro atoms. The lowest BCUT2D eigenvalue weighted by Crippen LogP contribution is -2.44. The summed E-state index contributed by atoms with van der Waals surface area (Å²) in [5.74, 6) is 0.112. The summed E-state index contributed by atoms with van der Waals surface area (Å²) in [6.45, 7) is 5.86. The first-order valence-electron chi connectivity index (χ1n) is 9.73. The molecule has 2 heterocycles. The van der Waals surface area contributed by atoms with Crippen molar-refractivity contribution in [2.45, 2.75) is 52.0 Å². The van der Waals surface area contributed by atoms with E-state index in [-0.39, 0.29) is 5.91 Å². The van der Waals surface area contributed by atoms with Crippen LogP contribution in [0.25, 0.3) is 5.69 Å². The Labute approximate surface area is 155 Å². The van der Waals surface area contributed by atoms with Crippen molar-refractivity contribution in [3.05, 3.63) is 46.3 Å². The monoisotopic (exact) mass is 352 g/mol. The van der Waals surface area contributed by atoms with Gasteiger partial charge < -0.3 is 10.2 Å². The first-order chi connectivity index (χ1) is 12.6. The summed E-state index contributed by atoms with van der Waals surface area (Å²) < 4.78 is 2.03. The van der Waals surface area contributed by atoms with Crippen molar-refractivity contribution in [2.75, 3.05) is 20.1 Å². The number of carbonyl (C=O) groups is 1. The molecular formula is C21H28N4O. The normalized spacial score (nSPS) is 17.6. The molecule has 0 saturated carbocycles. The molecule has 138 valence electrons. The Hall–Kier alpha value is -2.14. The lowest BCUT2D eigenvalue weighted by atomic mass is 10.0. The van der Waals surface area contributed by atoms with Crippen molar-refractivity contribution in [3.8, 4) is 5.69 Å². The topological polar surface area (TPSA) is 50.2 Å². The molecule has 1 N–H and O–H groups in total. The molecule has 1 amide bonds. The van der Waals surface area contributed by atoms with Crippen LogP contribution in [0.4, 0.5) is 0 Å². The van der Waals surface area contributed by atoms with Gasteiger partial charge in [0.1, 0.15) is 0 Å². The molecule has 1 aliphatic heterocycles. The Bertz CT molecular complexity index is 831. The lowest BCUT2D eigenvalue weighted by molar-refractivity contribution is 0.0700. The van der Waals surface area contributed by atoms with E-state index in [4.69, 9.17) is 5.10 Å². The highest BCUT2D eigenvalue weighted by Crippen LogP contribution is 2.30. The van der Waals surface area contributed by atoms with Crippen molar-refractivity contribution in [1.82, 2.24) is 20.0 Å². The van der Waals surface area contributed by atoms with E-state index < -0.39 is 0 Å². The lowest BCUT2D eigenvalue weighted by Gasteiger charge is -2.31. The zero-order valence-corrected chi connectivity index (χ0v) is 16.0. The van der Waals surface area contributed by atoms with Gasteiger partial charge in [-0.25, -0.2) is 4.68 Å². The maximum atomic E-state index is 13.2. The van der Waals surface area contributed by atoms with Gasteiger partial charge >= 0.3 is 0 Å². The quantitative estimate of drug-likeness (QED) is 0.924. The summed E-state index contributed by atoms with van der Waals surface area (Å²) in [5.41, 5.74) is 6.63. The third-order valence-corrected chi connectivity index (χ3v) is 5.90. The zero-order chi connectivity index (χ0) is 18.3. The second-order valence-electron chi connectivity index (χ2n) is 7.68. The van der Waals surface area contributed by atoms with Gasteiger partial charge in [-0.2, -0.15) is 5.10 Å². The van der Waals surface area contributed by atoms with Gasteiger partial charge in [-0.05, 0) is 64.6 Å². The zero-order valence-electron chi connectivity index (χ0n) is 16.0. The molecule has 1 aromatic carbocycles. The smallest absolute Gasteiger partial charge is 0.274 e. The third kappa shape index (κ3) is 2.94. The van der Waals surface area contributed by atoms with Crippen LogP contribution in [-0.2, 0) is 12.8 Å². The standard InChI is InChI=1S/C21H28N4O/c1-14-7-8-18(15(2)13-14)25-19-6-4-5-17(19)20(23-25)21(26)24-11-9-16(22-3)10-12-24/h7-8,13,16,22H,4-6,9-12H2,1-3H3. The number of aromatic nitrogens is 2. The number of nitrogens with one attached hydrogen (secondary N) is 1. The number of amides is 1. The van der Waals surface area contributed by atoms with Crippen molar-refractivity contribution in [2.24, 2.45) is 0 Å². The molecule has 5 nitrogen and oxygen atoms in total. The Kier molecular flexibility index (Phi) is 4.57. The Morgan fingerprint density at radius 3 is 2.65 bits per heavy atom. The number of nitrogens with zero attached hydrogens (tertiary/aromatic N) is 3. The van der Waals surface area contributed by atoms with Crippen LogP contribution < -0.4 is 5.32 Å². The minimum absolute atomic E-state index is 0.112. The van der Waals surface area contributed by atoms with Crippen LogP contribution in [0.15, 0.2) is 18.2 Å². The Morgan fingerprint density at radius 2 is 1.96 bits per heavy atom. The maximum Gasteiger partial charge on any atom is 0.274 e. The van der Waals surface area contributed by atoms with Gasteiger partial charge in [-0.1, -0.05) is 17.7 Å². The van der Waals surface area contributed by atoms with Crippen LogP contribution in [0.5, 0.6) is 0 Å². The number of piperidine rings is 1. The number of likely N-dealkylation sites (tertiary alicyclic amines) is 1. The Balaban J connectivity index is 1.67. The summed E-state index contributed by atoms with van der Waals surface area (Å²) in [5, 5.41) is 8.14. The molecule has 1 aromatic heterocycles. The average molecular weight is 352 g/mol. The molecule has 2 aromatic rings. The number of hydrogen-bond acceptors (Lipinski definition) is 3. The average Bonchev–Trinajstić information content (AvgIpc) is 3.24. The highest BCUT2D eigenvalue weighted by Gasteiger charge is 2.31. The number of hydrogen-bond donors (Lipinski definition) is 1. The molecule has 2 aliphatic rings. The summed E-state index contributed by atoms with van der Waals surface area (Å²) in [6.07, 6.45) is 5.11. The molecule has 1 saturated heterocycles. The van der Waals surface area contributed by atoms with Crippen molar-refractivity contribution in [3.63, 3.8) is 0 Å². The minimum Gasteiger partial charge on any atom is -0.337 e. The summed E-state index contributed by atoms with van der Waals surface area (Å²) in [7, 11) is 2.00. The Morgan fingerprint density at radius 1 is 1.19 bits per heavy atom. The molecule has 1 aliphatic carbocycles. The second-order valence-corrected chi connectivity index (χ2v) is 7.68. The van der Waals surface area contributed by atoms with E-state index in [0.717, 1.165) is 50.9 Å². The van der Waals surface area contributed by atoms with E-state index >= 15 is 0 Å². The molecule has 0 bridgehead atoms.